The summed E-state index contributed by atoms with van der Waals surface area (Å²) < 4.78 is 21.1. The highest BCUT2D eigenvalue weighted by molar-refractivity contribution is 7.50. The first-order valence-corrected chi connectivity index (χ1v) is 9.02. The molecule has 0 fully saturated rings. The van der Waals surface area contributed by atoms with Gasteiger partial charge in [0.05, 0.1) is 12.3 Å². The summed E-state index contributed by atoms with van der Waals surface area (Å²) in [5.74, 6) is 0.288. The van der Waals surface area contributed by atoms with Gasteiger partial charge in [0.15, 0.2) is 8.30 Å². The van der Waals surface area contributed by atoms with E-state index in [9.17, 15) is 9.59 Å². The predicted octanol–water partition coefficient (Wildman–Crippen LogP) is 3.11. The molecule has 134 valence electrons. The minimum Gasteiger partial charge on any atom is -0.457 e. The van der Waals surface area contributed by atoms with Crippen LogP contribution in [0.1, 0.15) is 23.0 Å². The van der Waals surface area contributed by atoms with Crippen molar-refractivity contribution in [2.24, 2.45) is 0 Å². The summed E-state index contributed by atoms with van der Waals surface area (Å²) in [4.78, 5) is 22.5. The summed E-state index contributed by atoms with van der Waals surface area (Å²) in [6, 6.07) is 10.00. The number of benzene rings is 1. The molecule has 0 spiro atoms. The molecular weight excluding hydrogens is 345 g/mol. The van der Waals surface area contributed by atoms with Crippen molar-refractivity contribution >= 4 is 20.6 Å². The van der Waals surface area contributed by atoms with E-state index in [-0.39, 0.29) is 18.4 Å². The van der Waals surface area contributed by atoms with Gasteiger partial charge in [-0.2, -0.15) is 0 Å². The van der Waals surface area contributed by atoms with Crippen molar-refractivity contribution in [3.63, 3.8) is 0 Å². The smallest absolute Gasteiger partial charge is 0.374 e. The van der Waals surface area contributed by atoms with Gasteiger partial charge in [-0.1, -0.05) is 12.1 Å². The van der Waals surface area contributed by atoms with Gasteiger partial charge in [0.1, 0.15) is 25.0 Å². The lowest BCUT2D eigenvalue weighted by atomic mass is 10.2. The summed E-state index contributed by atoms with van der Waals surface area (Å²) in [5, 5.41) is 3.06. The Morgan fingerprint density at radius 2 is 2.08 bits per heavy atom. The Hall–Kier alpha value is -2.21. The third-order valence-corrected chi connectivity index (χ3v) is 4.65. The average molecular weight is 365 g/mol. The number of carbonyl (C=O) groups excluding carboxylic acids is 2. The molecule has 0 radical (unpaired) electrons. The summed E-state index contributed by atoms with van der Waals surface area (Å²) in [6.07, 6.45) is 2.58. The lowest BCUT2D eigenvalue weighted by molar-refractivity contribution is -0.108. The Morgan fingerprint density at radius 1 is 1.32 bits per heavy atom. The second-order valence-corrected chi connectivity index (χ2v) is 6.59. The minimum absolute atomic E-state index is 0.132. The first-order chi connectivity index (χ1) is 12.1. The van der Waals surface area contributed by atoms with Crippen LogP contribution in [0.25, 0.3) is 0 Å². The van der Waals surface area contributed by atoms with Gasteiger partial charge in [-0.05, 0) is 36.8 Å². The summed E-state index contributed by atoms with van der Waals surface area (Å²) in [6.45, 7) is 1.88. The summed E-state index contributed by atoms with van der Waals surface area (Å²) in [7, 11) is 0.436. The van der Waals surface area contributed by atoms with Crippen LogP contribution >= 0.6 is 8.30 Å². The third kappa shape index (κ3) is 6.31. The number of hydrogen-bond acceptors (Lipinski definition) is 7. The third-order valence-electron chi connectivity index (χ3n) is 3.03. The molecule has 2 rings (SSSR count). The molecule has 0 amide bonds. The maximum atomic E-state index is 11.7. The lowest BCUT2D eigenvalue weighted by Crippen LogP contribution is -2.25. The number of furan rings is 1. The highest BCUT2D eigenvalue weighted by Crippen LogP contribution is 2.34. The van der Waals surface area contributed by atoms with Crippen molar-refractivity contribution < 1.29 is 28.0 Å². The summed E-state index contributed by atoms with van der Waals surface area (Å²) in [5.41, 5.74) is 0.817. The van der Waals surface area contributed by atoms with Crippen molar-refractivity contribution in [1.82, 2.24) is 5.09 Å². The van der Waals surface area contributed by atoms with Gasteiger partial charge in [0.2, 0.25) is 5.76 Å². The van der Waals surface area contributed by atoms with Gasteiger partial charge in [-0.25, -0.2) is 4.79 Å². The Balaban J connectivity index is 1.87. The van der Waals surface area contributed by atoms with Crippen LogP contribution in [-0.4, -0.2) is 31.8 Å². The van der Waals surface area contributed by atoms with Gasteiger partial charge in [-0.3, -0.25) is 5.09 Å². The first kappa shape index (κ1) is 19.1. The van der Waals surface area contributed by atoms with E-state index in [2.05, 4.69) is 5.09 Å². The molecule has 1 aromatic heterocycles. The molecule has 2 atom stereocenters. The number of aldehydes is 1. The fourth-order valence-corrected chi connectivity index (χ4v) is 3.16. The molecule has 0 aliphatic rings. The zero-order valence-corrected chi connectivity index (χ0v) is 14.9. The molecule has 0 bridgehead atoms. The van der Waals surface area contributed by atoms with Crippen LogP contribution in [0, 0.1) is 0 Å². The number of nitrogens with one attached hydrogen (secondary N) is 1. The molecule has 0 saturated carbocycles. The number of methoxy groups -OCH3 is 1. The highest BCUT2D eigenvalue weighted by Gasteiger charge is 2.14. The van der Waals surface area contributed by atoms with E-state index in [1.54, 1.807) is 50.4 Å². The molecule has 2 unspecified atom stereocenters. The molecule has 8 heteroatoms. The van der Waals surface area contributed by atoms with Crippen LogP contribution < -0.4 is 9.61 Å². The van der Waals surface area contributed by atoms with Crippen molar-refractivity contribution in [3.8, 4) is 5.75 Å². The van der Waals surface area contributed by atoms with Gasteiger partial charge in [0, 0.05) is 7.11 Å². The van der Waals surface area contributed by atoms with Gasteiger partial charge in [-0.15, -0.1) is 0 Å². The van der Waals surface area contributed by atoms with Crippen molar-refractivity contribution in [3.05, 3.63) is 54.0 Å². The van der Waals surface area contributed by atoms with Gasteiger partial charge in [0.25, 0.3) is 0 Å². The Bertz CT molecular complexity index is 658. The fourth-order valence-electron chi connectivity index (χ4n) is 1.85. The molecule has 0 saturated heterocycles. The van der Waals surface area contributed by atoms with Crippen molar-refractivity contribution in [1.29, 1.82) is 0 Å². The fraction of sp³-hybridized carbons (Fsp3) is 0.294. The first-order valence-electron chi connectivity index (χ1n) is 7.58. The van der Waals surface area contributed by atoms with Crippen LogP contribution in [0.5, 0.6) is 5.75 Å². The Labute approximate surface area is 147 Å². The van der Waals surface area contributed by atoms with Crippen LogP contribution in [0.4, 0.5) is 0 Å². The number of carbonyl (C=O) groups is 2. The maximum Gasteiger partial charge on any atom is 0.374 e. The Kier molecular flexibility index (Phi) is 7.60. The maximum absolute atomic E-state index is 11.7. The van der Waals surface area contributed by atoms with Crippen LogP contribution in [0.2, 0.25) is 0 Å². The standard InChI is InChI=1S/C17H20NO6P/c1-13(10-19)18-25(12-21-2)24-15-7-5-14(6-8-15)11-23-17(20)16-4-3-9-22-16/h3-10,13,18H,11-12H2,1-2H3. The number of esters is 1. The van der Waals surface area contributed by atoms with E-state index >= 15 is 0 Å². The molecule has 1 aromatic carbocycles. The number of hydrogen-bond donors (Lipinski definition) is 1. The normalized spacial score (nSPS) is 13.0. The van der Waals surface area contributed by atoms with E-state index in [0.29, 0.717) is 12.1 Å². The van der Waals surface area contributed by atoms with E-state index in [1.165, 1.54) is 6.26 Å². The van der Waals surface area contributed by atoms with Gasteiger partial charge < -0.3 is 23.2 Å². The van der Waals surface area contributed by atoms with E-state index < -0.39 is 14.3 Å². The van der Waals surface area contributed by atoms with Crippen LogP contribution in [-0.2, 0) is 20.9 Å². The molecule has 0 aliphatic heterocycles. The molecular formula is C17H20NO6P. The van der Waals surface area contributed by atoms with Crippen LogP contribution in [0.15, 0.2) is 47.1 Å². The zero-order chi connectivity index (χ0) is 18.1. The molecule has 7 nitrogen and oxygen atoms in total. The van der Waals surface area contributed by atoms with Gasteiger partial charge >= 0.3 is 5.97 Å². The number of ether oxygens (including phenoxy) is 2. The van der Waals surface area contributed by atoms with Crippen molar-refractivity contribution in [2.75, 3.05) is 13.5 Å². The van der Waals surface area contributed by atoms with Crippen LogP contribution in [0.3, 0.4) is 0 Å². The Morgan fingerprint density at radius 3 is 2.68 bits per heavy atom. The van der Waals surface area contributed by atoms with Crippen molar-refractivity contribution in [2.45, 2.75) is 19.6 Å². The highest BCUT2D eigenvalue weighted by atomic mass is 31.2. The molecule has 1 heterocycles. The van der Waals surface area contributed by atoms with E-state index in [4.69, 9.17) is 18.4 Å². The molecule has 1 N–H and O–H groups in total. The lowest BCUT2D eigenvalue weighted by Gasteiger charge is -2.20. The molecule has 0 aliphatic carbocycles. The molecule has 2 aromatic rings. The zero-order valence-electron chi connectivity index (χ0n) is 14.0. The average Bonchev–Trinajstić information content (AvgIpc) is 3.15. The van der Waals surface area contributed by atoms with E-state index in [0.717, 1.165) is 11.8 Å². The summed E-state index contributed by atoms with van der Waals surface area (Å²) >= 11 is 0. The number of rotatable bonds is 10. The predicted molar refractivity (Wildman–Crippen MR) is 92.4 cm³/mol. The largest absolute Gasteiger partial charge is 0.457 e. The topological polar surface area (TPSA) is 87.0 Å². The minimum atomic E-state index is -1.14. The second-order valence-electron chi connectivity index (χ2n) is 5.14. The molecule has 25 heavy (non-hydrogen) atoms. The second kappa shape index (κ2) is 9.93. The quantitative estimate of drug-likeness (QED) is 0.393. The SMILES string of the molecule is COCP(NC(C)C=O)Oc1ccc(COC(=O)c2ccco2)cc1. The monoisotopic (exact) mass is 365 g/mol. The van der Waals surface area contributed by atoms with E-state index in [1.807, 2.05) is 0 Å².